The molecule has 7 heteroatoms. The molecule has 1 atom stereocenters. The summed E-state index contributed by atoms with van der Waals surface area (Å²) in [6, 6.07) is 5.27. The molecular weight excluding hydrogens is 359 g/mol. The molecule has 1 unspecified atom stereocenters. The maximum Gasteiger partial charge on any atom is 0.347 e. The number of carbonyl (C=O) groups is 2. The number of aryl methyl sites for hydroxylation is 1. The third-order valence-electron chi connectivity index (χ3n) is 3.58. The fraction of sp³-hybridized carbons (Fsp3) is 0.250. The second-order valence-electron chi connectivity index (χ2n) is 5.11. The number of thiophene rings is 1. The van der Waals surface area contributed by atoms with Crippen molar-refractivity contribution < 1.29 is 19.1 Å². The van der Waals surface area contributed by atoms with Gasteiger partial charge in [-0.05, 0) is 25.1 Å². The van der Waals surface area contributed by atoms with Crippen LogP contribution in [-0.4, -0.2) is 25.0 Å². The molecule has 4 nitrogen and oxygen atoms in total. The molecule has 0 saturated heterocycles. The van der Waals surface area contributed by atoms with E-state index in [-0.39, 0.29) is 15.8 Å². The SMILES string of the molecule is COC(=O)C1Cc2cc(C(=O)c3ccc(C)s3)c(Cl)c(Cl)c2O1. The van der Waals surface area contributed by atoms with Crippen molar-refractivity contribution in [2.24, 2.45) is 0 Å². The summed E-state index contributed by atoms with van der Waals surface area (Å²) in [6.45, 7) is 1.92. The fourth-order valence-electron chi connectivity index (χ4n) is 2.44. The van der Waals surface area contributed by atoms with Crippen molar-refractivity contribution in [1.29, 1.82) is 0 Å². The summed E-state index contributed by atoms with van der Waals surface area (Å²) in [5, 5.41) is 0.277. The average Bonchev–Trinajstić information content (AvgIpc) is 3.15. The zero-order chi connectivity index (χ0) is 16.7. The van der Waals surface area contributed by atoms with Gasteiger partial charge in [0.1, 0.15) is 10.8 Å². The molecular formula is C16H12Cl2O4S. The highest BCUT2D eigenvalue weighted by Crippen LogP contribution is 2.43. The summed E-state index contributed by atoms with van der Waals surface area (Å²) >= 11 is 13.9. The third kappa shape index (κ3) is 2.84. The largest absolute Gasteiger partial charge is 0.476 e. The lowest BCUT2D eigenvalue weighted by Crippen LogP contribution is -2.26. The van der Waals surface area contributed by atoms with E-state index in [9.17, 15) is 9.59 Å². The molecule has 0 spiro atoms. The van der Waals surface area contributed by atoms with Gasteiger partial charge in [-0.3, -0.25) is 4.79 Å². The van der Waals surface area contributed by atoms with Gasteiger partial charge < -0.3 is 9.47 Å². The molecule has 1 aromatic heterocycles. The molecule has 2 aromatic rings. The molecule has 0 N–H and O–H groups in total. The van der Waals surface area contributed by atoms with Crippen LogP contribution in [0.5, 0.6) is 5.75 Å². The van der Waals surface area contributed by atoms with Crippen LogP contribution in [0.3, 0.4) is 0 Å². The predicted molar refractivity (Wildman–Crippen MR) is 89.1 cm³/mol. The number of esters is 1. The number of fused-ring (bicyclic) bond motifs is 1. The first kappa shape index (κ1) is 16.3. The summed E-state index contributed by atoms with van der Waals surface area (Å²) in [6.07, 6.45) is -0.472. The number of rotatable bonds is 3. The lowest BCUT2D eigenvalue weighted by molar-refractivity contribution is -0.147. The highest BCUT2D eigenvalue weighted by atomic mass is 35.5. The van der Waals surface area contributed by atoms with Crippen molar-refractivity contribution in [3.05, 3.63) is 49.1 Å². The van der Waals surface area contributed by atoms with Crippen LogP contribution in [0, 0.1) is 6.92 Å². The van der Waals surface area contributed by atoms with E-state index in [0.29, 0.717) is 28.2 Å². The Balaban J connectivity index is 2.01. The smallest absolute Gasteiger partial charge is 0.347 e. The molecule has 0 saturated carbocycles. The van der Waals surface area contributed by atoms with Gasteiger partial charge in [0.25, 0.3) is 0 Å². The van der Waals surface area contributed by atoms with Crippen LogP contribution in [0.1, 0.15) is 25.7 Å². The maximum atomic E-state index is 12.6. The summed E-state index contributed by atoms with van der Waals surface area (Å²) in [5.41, 5.74) is 0.984. The Morgan fingerprint density at radius 1 is 1.30 bits per heavy atom. The van der Waals surface area contributed by atoms with Crippen LogP contribution < -0.4 is 4.74 Å². The minimum Gasteiger partial charge on any atom is -0.476 e. The van der Waals surface area contributed by atoms with Gasteiger partial charge in [0.2, 0.25) is 5.78 Å². The first-order valence-corrected chi connectivity index (χ1v) is 8.36. The number of halogens is 2. The standard InChI is InChI=1S/C16H12Cl2O4S/c1-7-3-4-11(23-7)14(19)9-5-8-6-10(16(20)21-2)22-15(8)13(18)12(9)17/h3-5,10H,6H2,1-2H3. The maximum absolute atomic E-state index is 12.6. The Morgan fingerprint density at radius 2 is 2.04 bits per heavy atom. The van der Waals surface area contributed by atoms with E-state index in [1.807, 2.05) is 13.0 Å². The lowest BCUT2D eigenvalue weighted by Gasteiger charge is -2.10. The van der Waals surface area contributed by atoms with Crippen molar-refractivity contribution >= 4 is 46.3 Å². The molecule has 1 aliphatic heterocycles. The molecule has 120 valence electrons. The summed E-state index contributed by atoms with van der Waals surface area (Å²) in [4.78, 5) is 25.9. The Morgan fingerprint density at radius 3 is 2.65 bits per heavy atom. The van der Waals surface area contributed by atoms with Crippen molar-refractivity contribution in [3.8, 4) is 5.75 Å². The normalized spacial score (nSPS) is 15.9. The topological polar surface area (TPSA) is 52.6 Å². The molecule has 0 amide bonds. The number of benzene rings is 1. The molecule has 1 aliphatic rings. The molecule has 0 aliphatic carbocycles. The second-order valence-corrected chi connectivity index (χ2v) is 7.16. The molecule has 23 heavy (non-hydrogen) atoms. The van der Waals surface area contributed by atoms with Gasteiger partial charge in [0, 0.05) is 22.4 Å². The van der Waals surface area contributed by atoms with Gasteiger partial charge in [-0.1, -0.05) is 23.2 Å². The Bertz CT molecular complexity index is 813. The van der Waals surface area contributed by atoms with Crippen molar-refractivity contribution in [3.63, 3.8) is 0 Å². The number of methoxy groups -OCH3 is 1. The van der Waals surface area contributed by atoms with E-state index in [2.05, 4.69) is 4.74 Å². The molecule has 2 heterocycles. The molecule has 1 aromatic carbocycles. The quantitative estimate of drug-likeness (QED) is 0.603. The van der Waals surface area contributed by atoms with Gasteiger partial charge in [0.15, 0.2) is 6.10 Å². The fourth-order valence-corrected chi connectivity index (χ4v) is 3.76. The minimum atomic E-state index is -0.766. The lowest BCUT2D eigenvalue weighted by atomic mass is 10.0. The van der Waals surface area contributed by atoms with Gasteiger partial charge in [0.05, 0.1) is 17.0 Å². The number of hydrogen-bond acceptors (Lipinski definition) is 5. The van der Waals surface area contributed by atoms with Gasteiger partial charge in [-0.15, -0.1) is 11.3 Å². The zero-order valence-electron chi connectivity index (χ0n) is 12.3. The number of hydrogen-bond donors (Lipinski definition) is 0. The van der Waals surface area contributed by atoms with Gasteiger partial charge >= 0.3 is 5.97 Å². The molecule has 0 bridgehead atoms. The van der Waals surface area contributed by atoms with Crippen molar-refractivity contribution in [2.45, 2.75) is 19.4 Å². The summed E-state index contributed by atoms with van der Waals surface area (Å²) < 4.78 is 10.2. The predicted octanol–water partition coefficient (Wildman–Crippen LogP) is 4.07. The highest BCUT2D eigenvalue weighted by molar-refractivity contribution is 7.14. The Labute approximate surface area is 146 Å². The van der Waals surface area contributed by atoms with E-state index in [4.69, 9.17) is 27.9 Å². The van der Waals surface area contributed by atoms with E-state index in [0.717, 1.165) is 4.88 Å². The van der Waals surface area contributed by atoms with Crippen LogP contribution in [0.15, 0.2) is 18.2 Å². The first-order valence-electron chi connectivity index (χ1n) is 6.79. The van der Waals surface area contributed by atoms with Gasteiger partial charge in [-0.25, -0.2) is 4.79 Å². The zero-order valence-corrected chi connectivity index (χ0v) is 14.6. The van der Waals surface area contributed by atoms with Crippen molar-refractivity contribution in [2.75, 3.05) is 7.11 Å². The van der Waals surface area contributed by atoms with Crippen LogP contribution in [0.4, 0.5) is 0 Å². The summed E-state index contributed by atoms with van der Waals surface area (Å²) in [5.74, 6) is -0.347. The first-order chi connectivity index (χ1) is 10.9. The van der Waals surface area contributed by atoms with Crippen LogP contribution in [0.2, 0.25) is 10.0 Å². The van der Waals surface area contributed by atoms with Crippen LogP contribution in [-0.2, 0) is 16.0 Å². The minimum absolute atomic E-state index is 0.131. The Kier molecular flexibility index (Phi) is 4.36. The monoisotopic (exact) mass is 370 g/mol. The summed E-state index contributed by atoms with van der Waals surface area (Å²) in [7, 11) is 1.29. The number of carbonyl (C=O) groups excluding carboxylic acids is 2. The van der Waals surface area contributed by atoms with Crippen LogP contribution in [0.25, 0.3) is 0 Å². The van der Waals surface area contributed by atoms with Crippen LogP contribution >= 0.6 is 34.5 Å². The van der Waals surface area contributed by atoms with Gasteiger partial charge in [-0.2, -0.15) is 0 Å². The number of ketones is 1. The van der Waals surface area contributed by atoms with E-state index >= 15 is 0 Å². The Hall–Kier alpha value is -1.56. The molecule has 0 fully saturated rings. The molecule has 3 rings (SSSR count). The highest BCUT2D eigenvalue weighted by Gasteiger charge is 2.34. The molecule has 0 radical (unpaired) electrons. The third-order valence-corrected chi connectivity index (χ3v) is 5.43. The van der Waals surface area contributed by atoms with E-state index in [1.54, 1.807) is 12.1 Å². The van der Waals surface area contributed by atoms with E-state index < -0.39 is 12.1 Å². The second kappa shape index (κ2) is 6.15. The van der Waals surface area contributed by atoms with Crippen molar-refractivity contribution in [1.82, 2.24) is 0 Å². The average molecular weight is 371 g/mol. The van der Waals surface area contributed by atoms with E-state index in [1.165, 1.54) is 18.4 Å². The number of ether oxygens (including phenoxy) is 2.